The van der Waals surface area contributed by atoms with Crippen LogP contribution in [0.1, 0.15) is 37.7 Å². The van der Waals surface area contributed by atoms with Crippen molar-refractivity contribution in [1.29, 1.82) is 0 Å². The highest BCUT2D eigenvalue weighted by Crippen LogP contribution is 2.55. The van der Waals surface area contributed by atoms with Gasteiger partial charge in [0.2, 0.25) is 0 Å². The van der Waals surface area contributed by atoms with Gasteiger partial charge in [0.05, 0.1) is 0 Å². The number of nitrogens with one attached hydrogen (secondary N) is 1. The Morgan fingerprint density at radius 1 is 1.21 bits per heavy atom. The molecule has 5 atom stereocenters. The van der Waals surface area contributed by atoms with Crippen LogP contribution in [-0.4, -0.2) is 41.6 Å². The maximum absolute atomic E-state index is 11.1. The zero-order chi connectivity index (χ0) is 20.4. The summed E-state index contributed by atoms with van der Waals surface area (Å²) in [5.74, 6) is 1.27. The van der Waals surface area contributed by atoms with E-state index >= 15 is 0 Å². The molecule has 2 aromatic rings. The van der Waals surface area contributed by atoms with Crippen LogP contribution in [0.15, 0.2) is 48.5 Å². The molecule has 3 nitrogen and oxygen atoms in total. The van der Waals surface area contributed by atoms with E-state index in [1.54, 1.807) is 11.9 Å². The molecule has 1 saturated heterocycles. The van der Waals surface area contributed by atoms with E-state index in [0.717, 1.165) is 31.0 Å². The van der Waals surface area contributed by atoms with E-state index in [1.807, 2.05) is 12.1 Å². The first-order valence-corrected chi connectivity index (χ1v) is 12.2. The fourth-order valence-electron chi connectivity index (χ4n) is 4.94. The van der Waals surface area contributed by atoms with E-state index in [1.165, 1.54) is 23.1 Å². The van der Waals surface area contributed by atoms with E-state index in [-0.39, 0.29) is 12.1 Å². The number of nitrogens with zero attached hydrogens (tertiary/aromatic N) is 1. The molecule has 0 amide bonds. The number of piperidine rings is 1. The van der Waals surface area contributed by atoms with Gasteiger partial charge in [-0.2, -0.15) is 0 Å². The summed E-state index contributed by atoms with van der Waals surface area (Å²) in [5.41, 5.74) is 3.81. The van der Waals surface area contributed by atoms with Crippen molar-refractivity contribution in [3.63, 3.8) is 0 Å². The number of aliphatic hydroxyl groups is 1. The molecule has 0 spiro atoms. The molecule has 1 saturated carbocycles. The first-order chi connectivity index (χ1) is 14.1. The minimum atomic E-state index is -0.371. The standard InChI is InChI=1S/C24H31ClN2OS/c1-16(24(28)27-12-6-9-19(15-27)26-29-2)21-14-23(21)20-11-10-18(25)13-22(20)17-7-4-3-5-8-17/h3-5,7-8,10-11,13,16,19,21,23-24,26,28H,6,9,12,14-15H2,1-2H3. The smallest absolute Gasteiger partial charge is 0.110 e. The Morgan fingerprint density at radius 2 is 2.00 bits per heavy atom. The zero-order valence-corrected chi connectivity index (χ0v) is 18.8. The topological polar surface area (TPSA) is 35.5 Å². The number of halogens is 1. The highest BCUT2D eigenvalue weighted by molar-refractivity contribution is 7.96. The minimum Gasteiger partial charge on any atom is -0.378 e. The molecule has 0 radical (unpaired) electrons. The van der Waals surface area contributed by atoms with Gasteiger partial charge in [-0.1, -0.05) is 66.9 Å². The summed E-state index contributed by atoms with van der Waals surface area (Å²) in [5, 5.41) is 11.9. The van der Waals surface area contributed by atoms with Crippen molar-refractivity contribution >= 4 is 23.5 Å². The molecule has 29 heavy (non-hydrogen) atoms. The highest BCUT2D eigenvalue weighted by atomic mass is 35.5. The molecule has 1 aliphatic carbocycles. The van der Waals surface area contributed by atoms with Crippen molar-refractivity contribution in [3.05, 3.63) is 59.1 Å². The second-order valence-corrected chi connectivity index (χ2v) is 9.61. The van der Waals surface area contributed by atoms with Gasteiger partial charge in [0.1, 0.15) is 6.23 Å². The van der Waals surface area contributed by atoms with Crippen LogP contribution < -0.4 is 4.72 Å². The third-order valence-electron chi connectivity index (χ3n) is 6.60. The first kappa shape index (κ1) is 21.2. The summed E-state index contributed by atoms with van der Waals surface area (Å²) < 4.78 is 3.47. The van der Waals surface area contributed by atoms with Crippen molar-refractivity contribution in [1.82, 2.24) is 9.62 Å². The number of hydrogen-bond acceptors (Lipinski definition) is 4. The van der Waals surface area contributed by atoms with Gasteiger partial charge in [0, 0.05) is 24.2 Å². The average molecular weight is 431 g/mol. The molecule has 0 bridgehead atoms. The van der Waals surface area contributed by atoms with Crippen LogP contribution in [0.2, 0.25) is 5.02 Å². The van der Waals surface area contributed by atoms with Crippen molar-refractivity contribution in [3.8, 4) is 11.1 Å². The molecule has 1 aliphatic heterocycles. The molecule has 156 valence electrons. The van der Waals surface area contributed by atoms with Gasteiger partial charge in [0.15, 0.2) is 0 Å². The predicted octanol–water partition coefficient (Wildman–Crippen LogP) is 5.40. The number of likely N-dealkylation sites (tertiary alicyclic amines) is 1. The Bertz CT molecular complexity index is 816. The summed E-state index contributed by atoms with van der Waals surface area (Å²) in [7, 11) is 0. The van der Waals surface area contributed by atoms with Crippen LogP contribution >= 0.6 is 23.5 Å². The van der Waals surface area contributed by atoms with Crippen LogP contribution in [0.3, 0.4) is 0 Å². The second kappa shape index (κ2) is 9.40. The minimum absolute atomic E-state index is 0.257. The predicted molar refractivity (Wildman–Crippen MR) is 124 cm³/mol. The van der Waals surface area contributed by atoms with E-state index < -0.39 is 0 Å². The molecule has 2 fully saturated rings. The van der Waals surface area contributed by atoms with Gasteiger partial charge >= 0.3 is 0 Å². The molecule has 0 aromatic heterocycles. The molecule has 2 aliphatic rings. The van der Waals surface area contributed by atoms with Gasteiger partial charge in [-0.3, -0.25) is 9.62 Å². The summed E-state index contributed by atoms with van der Waals surface area (Å²) in [6, 6.07) is 17.2. The van der Waals surface area contributed by atoms with Gasteiger partial charge in [0.25, 0.3) is 0 Å². The third-order valence-corrected chi connectivity index (χ3v) is 7.40. The van der Waals surface area contributed by atoms with Crippen molar-refractivity contribution in [2.24, 2.45) is 11.8 Å². The number of benzene rings is 2. The SMILES string of the molecule is CSNC1CCCN(C(O)C(C)C2CC2c2ccc(Cl)cc2-c2ccccc2)C1. The molecule has 1 heterocycles. The highest BCUT2D eigenvalue weighted by Gasteiger charge is 2.46. The van der Waals surface area contributed by atoms with Crippen molar-refractivity contribution in [2.45, 2.75) is 44.4 Å². The van der Waals surface area contributed by atoms with Crippen LogP contribution in [0.5, 0.6) is 0 Å². The van der Waals surface area contributed by atoms with E-state index in [9.17, 15) is 5.11 Å². The van der Waals surface area contributed by atoms with Crippen LogP contribution in [0.4, 0.5) is 0 Å². The first-order valence-electron chi connectivity index (χ1n) is 10.6. The van der Waals surface area contributed by atoms with Gasteiger partial charge < -0.3 is 5.11 Å². The fourth-order valence-corrected chi connectivity index (χ4v) is 5.63. The Balaban J connectivity index is 1.47. The molecular formula is C24H31ClN2OS. The number of aliphatic hydroxyl groups excluding tert-OH is 1. The maximum atomic E-state index is 11.1. The summed E-state index contributed by atoms with van der Waals surface area (Å²) in [6.45, 7) is 4.14. The average Bonchev–Trinajstić information content (AvgIpc) is 3.54. The lowest BCUT2D eigenvalue weighted by Gasteiger charge is -2.38. The summed E-state index contributed by atoms with van der Waals surface area (Å²) >= 11 is 8.01. The third kappa shape index (κ3) is 4.83. The van der Waals surface area contributed by atoms with Crippen molar-refractivity contribution in [2.75, 3.05) is 19.3 Å². The Hall–Kier alpha value is -1.04. The maximum Gasteiger partial charge on any atom is 0.110 e. The quantitative estimate of drug-likeness (QED) is 0.576. The lowest BCUT2D eigenvalue weighted by Crippen LogP contribution is -2.50. The molecular weight excluding hydrogens is 400 g/mol. The molecule has 5 heteroatoms. The van der Waals surface area contributed by atoms with E-state index in [0.29, 0.717) is 17.9 Å². The van der Waals surface area contributed by atoms with E-state index in [2.05, 4.69) is 59.2 Å². The lowest BCUT2D eigenvalue weighted by molar-refractivity contribution is -0.0547. The van der Waals surface area contributed by atoms with Crippen LogP contribution in [0, 0.1) is 11.8 Å². The van der Waals surface area contributed by atoms with Crippen molar-refractivity contribution < 1.29 is 5.11 Å². The molecule has 2 N–H and O–H groups in total. The zero-order valence-electron chi connectivity index (χ0n) is 17.2. The van der Waals surface area contributed by atoms with Gasteiger partial charge in [-0.25, -0.2) is 0 Å². The second-order valence-electron chi connectivity index (χ2n) is 8.53. The Morgan fingerprint density at radius 3 is 2.76 bits per heavy atom. The largest absolute Gasteiger partial charge is 0.378 e. The fraction of sp³-hybridized carbons (Fsp3) is 0.500. The Kier molecular flexibility index (Phi) is 6.87. The molecule has 2 aromatic carbocycles. The van der Waals surface area contributed by atoms with Crippen LogP contribution in [0.25, 0.3) is 11.1 Å². The lowest BCUT2D eigenvalue weighted by atomic mass is 9.92. The summed E-state index contributed by atoms with van der Waals surface area (Å²) in [4.78, 5) is 2.28. The number of hydrogen-bond donors (Lipinski definition) is 2. The van der Waals surface area contributed by atoms with E-state index in [4.69, 9.17) is 11.6 Å². The van der Waals surface area contributed by atoms with Gasteiger partial charge in [-0.15, -0.1) is 0 Å². The number of rotatable bonds is 7. The Labute approximate surface area is 184 Å². The normalized spacial score (nSPS) is 26.8. The molecule has 4 rings (SSSR count). The molecule has 5 unspecified atom stereocenters. The summed E-state index contributed by atoms with van der Waals surface area (Å²) in [6.07, 6.45) is 5.17. The van der Waals surface area contributed by atoms with Crippen LogP contribution in [-0.2, 0) is 0 Å². The van der Waals surface area contributed by atoms with Gasteiger partial charge in [-0.05, 0) is 72.1 Å². The monoisotopic (exact) mass is 430 g/mol.